The molecule has 1 aromatic heterocycles. The number of hydrogen-bond acceptors (Lipinski definition) is 8. The summed E-state index contributed by atoms with van der Waals surface area (Å²) < 4.78 is 10.1. The monoisotopic (exact) mass is 825 g/mol. The summed E-state index contributed by atoms with van der Waals surface area (Å²) in [6, 6.07) is 0. The van der Waals surface area contributed by atoms with Gasteiger partial charge in [0.25, 0.3) is 5.91 Å². The first-order valence-corrected chi connectivity index (χ1v) is 15.6. The summed E-state index contributed by atoms with van der Waals surface area (Å²) in [4.78, 5) is 28.1. The second kappa shape index (κ2) is 22.6. The topological polar surface area (TPSA) is 102 Å². The maximum Gasteiger partial charge on any atom is 0.353 e. The van der Waals surface area contributed by atoms with Gasteiger partial charge in [-0.3, -0.25) is 4.79 Å². The molecule has 0 bridgehead atoms. The molecule has 2 rings (SSSR count). The minimum atomic E-state index is -0.559. The maximum atomic E-state index is 12.3. The number of nitrogens with zero attached hydrogens (tertiary/aromatic N) is 1. The van der Waals surface area contributed by atoms with Gasteiger partial charge in [-0.15, -0.1) is 11.3 Å². The van der Waals surface area contributed by atoms with E-state index in [1.54, 1.807) is 5.38 Å². The third kappa shape index (κ3) is 16.1. The van der Waals surface area contributed by atoms with Crippen molar-refractivity contribution in [2.75, 3.05) is 20.3 Å². The van der Waals surface area contributed by atoms with E-state index < -0.39 is 5.97 Å². The zero-order chi connectivity index (χ0) is 30.8. The van der Waals surface area contributed by atoms with Gasteiger partial charge in [-0.05, 0) is 70.3 Å². The number of esters is 1. The number of aryl methyl sites for hydroxylation is 1. The second-order valence-corrected chi connectivity index (χ2v) is 11.3. The minimum Gasteiger partial charge on any atom is -0.493 e. The van der Waals surface area contributed by atoms with Crippen molar-refractivity contribution in [3.05, 3.63) is 64.2 Å². The van der Waals surface area contributed by atoms with Gasteiger partial charge in [0, 0.05) is 49.6 Å². The number of allylic oxidation sites excluding steroid dienone is 2. The Bertz CT molecular complexity index is 1040. The average molecular weight is 826 g/mol. The molecule has 3 N–H and O–H groups in total. The van der Waals surface area contributed by atoms with E-state index in [0.29, 0.717) is 29.1 Å². The number of ether oxygens (including phenoxy) is 2. The van der Waals surface area contributed by atoms with E-state index >= 15 is 0 Å². The van der Waals surface area contributed by atoms with Crippen LogP contribution in [0, 0.1) is 43.6 Å². The smallest absolute Gasteiger partial charge is 0.353 e. The van der Waals surface area contributed by atoms with Gasteiger partial charge >= 0.3 is 5.97 Å². The quantitative estimate of drug-likeness (QED) is 0.0627. The number of hydrogen-bond donors (Lipinski definition) is 3. The first-order valence-electron chi connectivity index (χ1n) is 14.8. The zero-order valence-electron chi connectivity index (χ0n) is 26.5. The van der Waals surface area contributed by atoms with Crippen LogP contribution in [-0.2, 0) is 20.7 Å². The van der Waals surface area contributed by atoms with E-state index in [1.807, 2.05) is 0 Å². The molecule has 0 saturated heterocycles. The van der Waals surface area contributed by atoms with E-state index in [4.69, 9.17) is 11.3 Å². The van der Waals surface area contributed by atoms with Crippen LogP contribution >= 0.6 is 11.3 Å². The van der Waals surface area contributed by atoms with Crippen LogP contribution in [0.25, 0.3) is 0 Å². The minimum absolute atomic E-state index is 0. The summed E-state index contributed by atoms with van der Waals surface area (Å²) in [7, 11) is 1.28. The van der Waals surface area contributed by atoms with Gasteiger partial charge in [0.05, 0.1) is 29.6 Å². The van der Waals surface area contributed by atoms with Crippen molar-refractivity contribution in [1.82, 2.24) is 20.9 Å². The van der Waals surface area contributed by atoms with Gasteiger partial charge in [-0.2, -0.15) is 5.70 Å². The summed E-state index contributed by atoms with van der Waals surface area (Å²) in [6.45, 7) is 26.0. The van der Waals surface area contributed by atoms with Gasteiger partial charge in [0.2, 0.25) is 0 Å². The van der Waals surface area contributed by atoms with Crippen LogP contribution in [-0.4, -0.2) is 43.2 Å². The molecule has 0 spiro atoms. The molecule has 42 heavy (non-hydrogen) atoms. The van der Waals surface area contributed by atoms with Crippen molar-refractivity contribution in [1.29, 1.82) is 0 Å². The Labute approximate surface area is 281 Å². The van der Waals surface area contributed by atoms with Crippen molar-refractivity contribution in [2.24, 2.45) is 5.92 Å². The predicted molar refractivity (Wildman–Crippen MR) is 168 cm³/mol. The SMILES string of the molecule is C=C(NC(C(=C)NC(=O)c1csc(CCC)n1)=C1CC1)C(=O)OC.[CH-]=C(NCCCOC(C)C)C(CCC)CCC.[U]. The first kappa shape index (κ1) is 40.1. The molecule has 10 heteroatoms. The molecule has 0 aliphatic heterocycles. The molecule has 0 radical (unpaired) electrons. The number of rotatable bonds is 19. The van der Waals surface area contributed by atoms with E-state index in [-0.39, 0.29) is 42.7 Å². The van der Waals surface area contributed by atoms with Crippen LogP contribution in [0.1, 0.15) is 101 Å². The van der Waals surface area contributed by atoms with Crippen LogP contribution in [0.15, 0.2) is 46.9 Å². The Hall–Kier alpha value is -1.86. The summed E-state index contributed by atoms with van der Waals surface area (Å²) in [5.74, 6) is -0.338. The third-order valence-electron chi connectivity index (χ3n) is 6.19. The maximum absolute atomic E-state index is 12.3. The molecule has 1 heterocycles. The fourth-order valence-electron chi connectivity index (χ4n) is 3.94. The number of aromatic nitrogens is 1. The van der Waals surface area contributed by atoms with E-state index in [2.05, 4.69) is 73.4 Å². The molecule has 0 atom stereocenters. The Kier molecular flexibility index (Phi) is 21.6. The molecule has 1 fully saturated rings. The summed E-state index contributed by atoms with van der Waals surface area (Å²) >= 11 is 1.47. The van der Waals surface area contributed by atoms with Crippen LogP contribution in [0.4, 0.5) is 0 Å². The van der Waals surface area contributed by atoms with E-state index in [1.165, 1.54) is 44.1 Å². The Balaban J connectivity index is 0.000000832. The number of nitrogens with one attached hydrogen (secondary N) is 3. The molecule has 0 unspecified atom stereocenters. The first-order chi connectivity index (χ1) is 19.6. The van der Waals surface area contributed by atoms with Gasteiger partial charge in [0.1, 0.15) is 11.4 Å². The van der Waals surface area contributed by atoms with E-state index in [0.717, 1.165) is 61.5 Å². The average Bonchev–Trinajstić information content (AvgIpc) is 3.67. The standard InChI is InChI=1S/C17H21N3O3S.C15H30NO.U/c1-5-6-14-20-13(9-24-14)16(21)19-10(2)15(12-7-8-12)18-11(3)17(22)23-4;1-6-9-15(10-7-2)14(5)16-11-8-12-17-13(3)4;/h9,18H,2-3,5-8H2,1,4H3,(H,19,21);5,13,15-16H,6-12H2,1-4H3;/q;-1;. The van der Waals surface area contributed by atoms with Crippen molar-refractivity contribution >= 4 is 23.2 Å². The molecule has 1 aliphatic carbocycles. The molecule has 1 saturated carbocycles. The molecule has 0 aromatic carbocycles. The van der Waals surface area contributed by atoms with Gasteiger partial charge in [-0.25, -0.2) is 9.78 Å². The van der Waals surface area contributed by atoms with Crippen molar-refractivity contribution in [3.63, 3.8) is 0 Å². The molecule has 1 aliphatic rings. The molecular weight excluding hydrogens is 774 g/mol. The van der Waals surface area contributed by atoms with Gasteiger partial charge in [-0.1, -0.05) is 46.8 Å². The van der Waals surface area contributed by atoms with Gasteiger partial charge < -0.3 is 32.0 Å². The Morgan fingerprint density at radius 3 is 2.24 bits per heavy atom. The van der Waals surface area contributed by atoms with Crippen molar-refractivity contribution in [2.45, 2.75) is 98.5 Å². The number of carbonyl (C=O) groups is 2. The molecule has 1 aromatic rings. The Morgan fingerprint density at radius 2 is 1.71 bits per heavy atom. The molecule has 8 nitrogen and oxygen atoms in total. The fraction of sp³-hybridized carbons (Fsp3) is 0.594. The number of methoxy groups -OCH3 is 1. The third-order valence-corrected chi connectivity index (χ3v) is 7.10. The zero-order valence-corrected chi connectivity index (χ0v) is 31.5. The van der Waals surface area contributed by atoms with Crippen LogP contribution in [0.5, 0.6) is 0 Å². The number of carbonyl (C=O) groups excluding carboxylic acids is 2. The van der Waals surface area contributed by atoms with Crippen LogP contribution < -0.4 is 16.0 Å². The second-order valence-electron chi connectivity index (χ2n) is 10.3. The van der Waals surface area contributed by atoms with Crippen LogP contribution in [0.2, 0.25) is 0 Å². The number of amides is 1. The fourth-order valence-corrected chi connectivity index (χ4v) is 4.82. The molecular formula is C32H51N4O4SU-. The summed E-state index contributed by atoms with van der Waals surface area (Å²) in [6.07, 6.45) is 9.74. The van der Waals surface area contributed by atoms with Crippen molar-refractivity contribution in [3.8, 4) is 0 Å². The van der Waals surface area contributed by atoms with Crippen LogP contribution in [0.3, 0.4) is 0 Å². The number of thiazole rings is 1. The predicted octanol–water partition coefficient (Wildman–Crippen LogP) is 6.59. The van der Waals surface area contributed by atoms with Crippen molar-refractivity contribution < 1.29 is 50.2 Å². The van der Waals surface area contributed by atoms with Gasteiger partial charge in [0.15, 0.2) is 0 Å². The summed E-state index contributed by atoms with van der Waals surface area (Å²) in [5.41, 5.74) is 3.52. The Morgan fingerprint density at radius 1 is 1.07 bits per heavy atom. The normalized spacial score (nSPS) is 11.6. The molecule has 234 valence electrons. The van der Waals surface area contributed by atoms with E-state index in [9.17, 15) is 9.59 Å². The molecule has 1 amide bonds. The summed E-state index contributed by atoms with van der Waals surface area (Å²) in [5, 5.41) is 11.6. The largest absolute Gasteiger partial charge is 0.493 e.